The van der Waals surface area contributed by atoms with Gasteiger partial charge in [-0.2, -0.15) is 0 Å². The van der Waals surface area contributed by atoms with Gasteiger partial charge in [-0.25, -0.2) is 0 Å². The molecule has 0 radical (unpaired) electrons. The SMILES string of the molecule is CC(C(=O)C(C)c1ccc(Nc2ccc(CCO)cc2)c(N)c1)c1ccc(Nc2ccc(CCO)cc2)c(N)c1. The van der Waals surface area contributed by atoms with Crippen LogP contribution in [0.1, 0.15) is 47.9 Å². The molecule has 0 aliphatic carbocycles. The van der Waals surface area contributed by atoms with Crippen molar-refractivity contribution >= 4 is 39.9 Å². The molecule has 0 bridgehead atoms. The lowest BCUT2D eigenvalue weighted by atomic mass is 9.85. The van der Waals surface area contributed by atoms with Crippen LogP contribution < -0.4 is 22.1 Å². The first kappa shape index (κ1) is 28.7. The molecule has 4 rings (SSSR count). The van der Waals surface area contributed by atoms with E-state index in [0.29, 0.717) is 24.2 Å². The maximum absolute atomic E-state index is 13.4. The smallest absolute Gasteiger partial charge is 0.147 e. The first-order valence-corrected chi connectivity index (χ1v) is 13.5. The van der Waals surface area contributed by atoms with Crippen LogP contribution >= 0.6 is 0 Å². The van der Waals surface area contributed by atoms with Crippen LogP contribution in [0.5, 0.6) is 0 Å². The lowest BCUT2D eigenvalue weighted by Gasteiger charge is -2.20. The molecule has 4 aromatic carbocycles. The molecular weight excluding hydrogens is 500 g/mol. The number of hydrogen-bond donors (Lipinski definition) is 6. The summed E-state index contributed by atoms with van der Waals surface area (Å²) in [5, 5.41) is 24.8. The number of aliphatic hydroxyl groups excluding tert-OH is 2. The Morgan fingerprint density at radius 2 is 1.02 bits per heavy atom. The zero-order valence-electron chi connectivity index (χ0n) is 23.0. The Hall–Kier alpha value is -4.33. The maximum atomic E-state index is 13.4. The van der Waals surface area contributed by atoms with Crippen molar-refractivity contribution in [3.8, 4) is 0 Å². The second-order valence-corrected chi connectivity index (χ2v) is 10.1. The van der Waals surface area contributed by atoms with E-state index in [4.69, 9.17) is 21.7 Å². The van der Waals surface area contributed by atoms with Crippen LogP contribution in [0.2, 0.25) is 0 Å². The number of Topliss-reactive ketones (excluding diaryl/α,β-unsaturated/α-hetero) is 1. The number of rotatable bonds is 12. The van der Waals surface area contributed by atoms with Gasteiger partial charge in [-0.3, -0.25) is 4.79 Å². The van der Waals surface area contributed by atoms with Crippen LogP contribution in [0, 0.1) is 0 Å². The third kappa shape index (κ3) is 7.00. The predicted molar refractivity (Wildman–Crippen MR) is 165 cm³/mol. The first-order valence-electron chi connectivity index (χ1n) is 13.5. The van der Waals surface area contributed by atoms with Crippen molar-refractivity contribution < 1.29 is 15.0 Å². The molecule has 8 N–H and O–H groups in total. The maximum Gasteiger partial charge on any atom is 0.147 e. The standard InChI is InChI=1S/C33H38N4O3/c1-21(25-7-13-31(29(34)19-25)36-27-9-3-23(4-10-27)15-17-38)33(40)22(2)26-8-14-32(30(35)20-26)37-28-11-5-24(6-12-28)16-18-39/h3-14,19-22,36-39H,15-18,34-35H2,1-2H3. The number of benzene rings is 4. The quantitative estimate of drug-likeness (QED) is 0.124. The van der Waals surface area contributed by atoms with Gasteiger partial charge < -0.3 is 32.3 Å². The highest BCUT2D eigenvalue weighted by molar-refractivity contribution is 5.92. The third-order valence-corrected chi connectivity index (χ3v) is 7.27. The second-order valence-electron chi connectivity index (χ2n) is 10.1. The molecule has 0 saturated carbocycles. The molecule has 0 saturated heterocycles. The Morgan fingerprint density at radius 3 is 1.35 bits per heavy atom. The van der Waals surface area contributed by atoms with Gasteiger partial charge in [-0.15, -0.1) is 0 Å². The fourth-order valence-electron chi connectivity index (χ4n) is 4.71. The normalized spacial score (nSPS) is 12.5. The fourth-order valence-corrected chi connectivity index (χ4v) is 4.71. The molecule has 0 spiro atoms. The monoisotopic (exact) mass is 538 g/mol. The predicted octanol–water partition coefficient (Wildman–Crippen LogP) is 5.88. The van der Waals surface area contributed by atoms with Crippen molar-refractivity contribution in [1.29, 1.82) is 0 Å². The molecule has 2 atom stereocenters. The van der Waals surface area contributed by atoms with Gasteiger partial charge in [0.1, 0.15) is 5.78 Å². The summed E-state index contributed by atoms with van der Waals surface area (Å²) in [5.74, 6) is -0.611. The van der Waals surface area contributed by atoms with Crippen LogP contribution in [0.3, 0.4) is 0 Å². The van der Waals surface area contributed by atoms with E-state index in [2.05, 4.69) is 10.6 Å². The summed E-state index contributed by atoms with van der Waals surface area (Å²) in [5.41, 5.74) is 21.0. The average molecular weight is 539 g/mol. The van der Waals surface area contributed by atoms with E-state index in [1.54, 1.807) is 0 Å². The van der Waals surface area contributed by atoms with Gasteiger partial charge in [0.2, 0.25) is 0 Å². The minimum atomic E-state index is -0.347. The zero-order valence-corrected chi connectivity index (χ0v) is 23.0. The summed E-state index contributed by atoms with van der Waals surface area (Å²) >= 11 is 0. The van der Waals surface area contributed by atoms with Crippen LogP contribution in [-0.2, 0) is 17.6 Å². The van der Waals surface area contributed by atoms with Crippen molar-refractivity contribution in [3.63, 3.8) is 0 Å². The summed E-state index contributed by atoms with van der Waals surface area (Å²) < 4.78 is 0. The molecule has 0 heterocycles. The number of hydrogen-bond acceptors (Lipinski definition) is 7. The topological polar surface area (TPSA) is 134 Å². The van der Waals surface area contributed by atoms with Crippen molar-refractivity contribution in [2.24, 2.45) is 0 Å². The molecule has 40 heavy (non-hydrogen) atoms. The molecule has 7 heteroatoms. The first-order chi connectivity index (χ1) is 19.3. The highest BCUT2D eigenvalue weighted by atomic mass is 16.3. The fraction of sp³-hybridized carbons (Fsp3) is 0.242. The molecule has 0 aromatic heterocycles. The lowest BCUT2D eigenvalue weighted by Crippen LogP contribution is -2.17. The van der Waals surface area contributed by atoms with E-state index in [-0.39, 0.29) is 30.8 Å². The van der Waals surface area contributed by atoms with Gasteiger partial charge >= 0.3 is 0 Å². The number of ketones is 1. The highest BCUT2D eigenvalue weighted by Crippen LogP contribution is 2.33. The van der Waals surface area contributed by atoms with Crippen molar-refractivity contribution in [2.75, 3.05) is 35.3 Å². The van der Waals surface area contributed by atoms with E-state index in [0.717, 1.165) is 45.0 Å². The van der Waals surface area contributed by atoms with Crippen molar-refractivity contribution in [3.05, 3.63) is 107 Å². The summed E-state index contributed by atoms with van der Waals surface area (Å²) in [6.07, 6.45) is 1.24. The Bertz CT molecular complexity index is 1330. The Labute approximate surface area is 235 Å². The molecule has 0 fully saturated rings. The summed E-state index contributed by atoms with van der Waals surface area (Å²) in [6.45, 7) is 4.05. The minimum absolute atomic E-state index is 0.0826. The minimum Gasteiger partial charge on any atom is -0.397 e. The largest absolute Gasteiger partial charge is 0.397 e. The molecule has 2 unspecified atom stereocenters. The number of nitrogen functional groups attached to an aromatic ring is 2. The van der Waals surface area contributed by atoms with Crippen LogP contribution in [0.4, 0.5) is 34.1 Å². The number of carbonyl (C=O) groups is 1. The molecule has 0 aliphatic heterocycles. The molecule has 7 nitrogen and oxygen atoms in total. The zero-order chi connectivity index (χ0) is 28.6. The number of nitrogens with one attached hydrogen (secondary N) is 2. The number of carbonyl (C=O) groups excluding carboxylic acids is 1. The van der Waals surface area contributed by atoms with Gasteiger partial charge in [0.15, 0.2) is 0 Å². The second kappa shape index (κ2) is 13.2. The Morgan fingerprint density at radius 1 is 0.650 bits per heavy atom. The third-order valence-electron chi connectivity index (χ3n) is 7.27. The van der Waals surface area contributed by atoms with Crippen molar-refractivity contribution in [1.82, 2.24) is 0 Å². The average Bonchev–Trinajstić information content (AvgIpc) is 2.96. The number of nitrogens with two attached hydrogens (primary N) is 2. The van der Waals surface area contributed by atoms with E-state index in [9.17, 15) is 4.79 Å². The highest BCUT2D eigenvalue weighted by Gasteiger charge is 2.24. The molecule has 208 valence electrons. The van der Waals surface area contributed by atoms with Crippen LogP contribution in [-0.4, -0.2) is 29.2 Å². The molecule has 0 aliphatic rings. The van der Waals surface area contributed by atoms with Gasteiger partial charge in [0, 0.05) is 36.4 Å². The van der Waals surface area contributed by atoms with E-state index in [1.165, 1.54) is 0 Å². The summed E-state index contributed by atoms with van der Waals surface area (Å²) in [4.78, 5) is 13.4. The van der Waals surface area contributed by atoms with Gasteiger partial charge in [-0.1, -0.05) is 50.2 Å². The van der Waals surface area contributed by atoms with E-state index >= 15 is 0 Å². The Balaban J connectivity index is 1.41. The van der Waals surface area contributed by atoms with Gasteiger partial charge in [0.05, 0.1) is 22.7 Å². The number of aliphatic hydroxyl groups is 2. The van der Waals surface area contributed by atoms with Crippen LogP contribution in [0.15, 0.2) is 84.9 Å². The van der Waals surface area contributed by atoms with E-state index < -0.39 is 0 Å². The van der Waals surface area contributed by atoms with Gasteiger partial charge in [-0.05, 0) is 83.6 Å². The summed E-state index contributed by atoms with van der Waals surface area (Å²) in [6, 6.07) is 27.1. The summed E-state index contributed by atoms with van der Waals surface area (Å²) in [7, 11) is 0. The molecular formula is C33H38N4O3. The van der Waals surface area contributed by atoms with Crippen molar-refractivity contribution in [2.45, 2.75) is 38.5 Å². The van der Waals surface area contributed by atoms with Gasteiger partial charge in [0.25, 0.3) is 0 Å². The van der Waals surface area contributed by atoms with Crippen LogP contribution in [0.25, 0.3) is 0 Å². The molecule has 4 aromatic rings. The lowest BCUT2D eigenvalue weighted by molar-refractivity contribution is -0.121. The number of anilines is 6. The molecule has 0 amide bonds. The van der Waals surface area contributed by atoms with E-state index in [1.807, 2.05) is 98.8 Å². The Kier molecular flexibility index (Phi) is 9.43.